The maximum atomic E-state index is 12.7. The molecule has 1 aliphatic heterocycles. The van der Waals surface area contributed by atoms with Crippen LogP contribution in [0.25, 0.3) is 0 Å². The molecule has 9 heteroatoms. The molecule has 0 radical (unpaired) electrons. The van der Waals surface area contributed by atoms with Crippen molar-refractivity contribution in [2.75, 3.05) is 12.4 Å². The van der Waals surface area contributed by atoms with Crippen LogP contribution in [0.3, 0.4) is 0 Å². The number of nitrogens with zero attached hydrogens (tertiary/aromatic N) is 1. The predicted molar refractivity (Wildman–Crippen MR) is 88.5 cm³/mol. The van der Waals surface area contributed by atoms with Crippen molar-refractivity contribution in [2.24, 2.45) is 0 Å². The number of para-hydroxylation sites is 1. The fraction of sp³-hybridized carbons (Fsp3) is 0.200. The van der Waals surface area contributed by atoms with Crippen molar-refractivity contribution in [3.63, 3.8) is 0 Å². The summed E-state index contributed by atoms with van der Waals surface area (Å²) >= 11 is 3.27. The van der Waals surface area contributed by atoms with E-state index in [-0.39, 0.29) is 16.2 Å². The van der Waals surface area contributed by atoms with Gasteiger partial charge in [-0.05, 0) is 30.3 Å². The van der Waals surface area contributed by atoms with E-state index in [2.05, 4.69) is 26.0 Å². The summed E-state index contributed by atoms with van der Waals surface area (Å²) in [7, 11) is -2.38. The molecule has 0 aromatic heterocycles. The third kappa shape index (κ3) is 2.99. The van der Waals surface area contributed by atoms with Gasteiger partial charge in [0.05, 0.1) is 5.69 Å². The van der Waals surface area contributed by atoms with Crippen LogP contribution in [0, 0.1) is 0 Å². The number of hydrogen-bond donors (Lipinski definition) is 1. The fourth-order valence-corrected chi connectivity index (χ4v) is 4.34. The van der Waals surface area contributed by atoms with E-state index in [1.165, 1.54) is 19.2 Å². The maximum Gasteiger partial charge on any atom is 0.387 e. The van der Waals surface area contributed by atoms with Gasteiger partial charge in [-0.3, -0.25) is 0 Å². The number of alkyl halides is 2. The number of anilines is 1. The van der Waals surface area contributed by atoms with Gasteiger partial charge in [0, 0.05) is 17.1 Å². The first-order valence-corrected chi connectivity index (χ1v) is 9.12. The van der Waals surface area contributed by atoms with E-state index in [0.717, 1.165) is 4.31 Å². The fourth-order valence-electron chi connectivity index (χ4n) is 2.55. The second kappa shape index (κ2) is 6.30. The molecule has 1 N–H and O–H groups in total. The molecule has 0 amide bonds. The van der Waals surface area contributed by atoms with Crippen molar-refractivity contribution in [1.82, 2.24) is 4.31 Å². The lowest BCUT2D eigenvalue weighted by molar-refractivity contribution is -0.0508. The van der Waals surface area contributed by atoms with Crippen LogP contribution < -0.4 is 10.1 Å². The summed E-state index contributed by atoms with van der Waals surface area (Å²) in [5, 5.41) is 3.06. The van der Waals surface area contributed by atoms with Crippen LogP contribution in [0.5, 0.6) is 5.75 Å². The molecule has 1 aliphatic rings. The quantitative estimate of drug-likeness (QED) is 0.823. The Kier molecular flexibility index (Phi) is 4.50. The molecule has 2 aromatic rings. The summed E-state index contributed by atoms with van der Waals surface area (Å²) in [5.74, 6) is -0.0906. The zero-order valence-electron chi connectivity index (χ0n) is 12.4. The third-order valence-electron chi connectivity index (χ3n) is 3.68. The molecule has 1 heterocycles. The number of halogens is 3. The molecule has 1 atom stereocenters. The van der Waals surface area contributed by atoms with Crippen molar-refractivity contribution >= 4 is 31.6 Å². The average Bonchev–Trinajstić information content (AvgIpc) is 2.53. The Morgan fingerprint density at radius 3 is 2.67 bits per heavy atom. The summed E-state index contributed by atoms with van der Waals surface area (Å²) in [6.07, 6.45) is -0.879. The molecule has 0 saturated carbocycles. The number of benzene rings is 2. The van der Waals surface area contributed by atoms with E-state index in [9.17, 15) is 17.2 Å². The van der Waals surface area contributed by atoms with Gasteiger partial charge in [0.25, 0.3) is 0 Å². The van der Waals surface area contributed by atoms with E-state index in [1.54, 1.807) is 30.3 Å². The Morgan fingerprint density at radius 1 is 1.25 bits per heavy atom. The molecule has 24 heavy (non-hydrogen) atoms. The van der Waals surface area contributed by atoms with Gasteiger partial charge >= 0.3 is 6.61 Å². The molecule has 5 nitrogen and oxygen atoms in total. The number of hydrogen-bond acceptors (Lipinski definition) is 4. The first kappa shape index (κ1) is 17.1. The number of sulfonamides is 1. The molecule has 0 aliphatic carbocycles. The monoisotopic (exact) mass is 418 g/mol. The van der Waals surface area contributed by atoms with Gasteiger partial charge in [0.15, 0.2) is 0 Å². The van der Waals surface area contributed by atoms with Crippen LogP contribution in [0.4, 0.5) is 14.5 Å². The smallest absolute Gasteiger partial charge is 0.387 e. The summed E-state index contributed by atoms with van der Waals surface area (Å²) < 4.78 is 57.0. The van der Waals surface area contributed by atoms with Gasteiger partial charge in [0.1, 0.15) is 16.8 Å². The minimum atomic E-state index is -3.76. The average molecular weight is 419 g/mol. The largest absolute Gasteiger partial charge is 0.434 e. The van der Waals surface area contributed by atoms with Crippen molar-refractivity contribution in [3.8, 4) is 5.75 Å². The highest BCUT2D eigenvalue weighted by molar-refractivity contribution is 9.10. The highest BCUT2D eigenvalue weighted by Gasteiger charge is 2.37. The van der Waals surface area contributed by atoms with Gasteiger partial charge in [-0.1, -0.05) is 28.1 Å². The lowest BCUT2D eigenvalue weighted by atomic mass is 10.1. The summed E-state index contributed by atoms with van der Waals surface area (Å²) in [5.41, 5.74) is 0.689. The minimum Gasteiger partial charge on any atom is -0.434 e. The molecule has 2 aromatic carbocycles. The van der Waals surface area contributed by atoms with Gasteiger partial charge in [-0.2, -0.15) is 13.1 Å². The highest BCUT2D eigenvalue weighted by Crippen LogP contribution is 2.40. The molecular weight excluding hydrogens is 406 g/mol. The van der Waals surface area contributed by atoms with Crippen LogP contribution in [0.15, 0.2) is 51.8 Å². The van der Waals surface area contributed by atoms with E-state index >= 15 is 0 Å². The van der Waals surface area contributed by atoms with Crippen LogP contribution in [0.2, 0.25) is 0 Å². The first-order chi connectivity index (χ1) is 11.3. The van der Waals surface area contributed by atoms with Crippen molar-refractivity contribution < 1.29 is 21.9 Å². The van der Waals surface area contributed by atoms with Gasteiger partial charge in [-0.15, -0.1) is 0 Å². The Morgan fingerprint density at radius 2 is 1.96 bits per heavy atom. The van der Waals surface area contributed by atoms with Crippen LogP contribution in [-0.4, -0.2) is 26.4 Å². The normalized spacial score (nSPS) is 19.6. The van der Waals surface area contributed by atoms with Gasteiger partial charge in [-0.25, -0.2) is 8.42 Å². The summed E-state index contributed by atoms with van der Waals surface area (Å²) in [6, 6.07) is 10.9. The zero-order chi connectivity index (χ0) is 17.5. The molecule has 128 valence electrons. The Balaban J connectivity index is 2.13. The third-order valence-corrected chi connectivity index (χ3v) is 6.06. The van der Waals surface area contributed by atoms with Gasteiger partial charge < -0.3 is 10.1 Å². The van der Waals surface area contributed by atoms with Crippen molar-refractivity contribution in [2.45, 2.75) is 17.7 Å². The number of nitrogens with one attached hydrogen (secondary N) is 1. The molecule has 0 bridgehead atoms. The first-order valence-electron chi connectivity index (χ1n) is 6.88. The molecule has 3 rings (SSSR count). The predicted octanol–water partition coefficient (Wildman–Crippen LogP) is 3.80. The standard InChI is InChI=1S/C15H13BrF2N2O3S/c1-20-14(10-8-9(16)6-7-12(10)23-15(17)18)19-11-4-2-3-5-13(11)24(20,21)22/h2-8,14-15,19H,1H3/t14-/m0/s1. The van der Waals surface area contributed by atoms with E-state index in [4.69, 9.17) is 0 Å². The van der Waals surface area contributed by atoms with E-state index in [1.807, 2.05) is 0 Å². The summed E-state index contributed by atoms with van der Waals surface area (Å²) in [4.78, 5) is 0.134. The Labute approximate surface area is 146 Å². The number of rotatable bonds is 3. The molecule has 0 saturated heterocycles. The molecule has 0 fully saturated rings. The minimum absolute atomic E-state index is 0.0906. The SMILES string of the molecule is CN1[C@@H](c2cc(Br)ccc2OC(F)F)Nc2ccccc2S1(=O)=O. The molecule has 0 spiro atoms. The topological polar surface area (TPSA) is 58.6 Å². The highest BCUT2D eigenvalue weighted by atomic mass is 79.9. The van der Waals surface area contributed by atoms with Crippen LogP contribution in [0.1, 0.15) is 11.7 Å². The van der Waals surface area contributed by atoms with Crippen LogP contribution in [-0.2, 0) is 10.0 Å². The summed E-state index contributed by atoms with van der Waals surface area (Å²) in [6.45, 7) is -3.01. The zero-order valence-corrected chi connectivity index (χ0v) is 14.8. The van der Waals surface area contributed by atoms with Gasteiger partial charge in [0.2, 0.25) is 10.0 Å². The van der Waals surface area contributed by atoms with Crippen LogP contribution >= 0.6 is 15.9 Å². The lowest BCUT2D eigenvalue weighted by Crippen LogP contribution is -2.40. The maximum absolute atomic E-state index is 12.7. The second-order valence-corrected chi connectivity index (χ2v) is 8.01. The number of fused-ring (bicyclic) bond motifs is 1. The molecule has 0 unspecified atom stereocenters. The Bertz CT molecular complexity index is 877. The lowest BCUT2D eigenvalue weighted by Gasteiger charge is -2.35. The number of ether oxygens (including phenoxy) is 1. The second-order valence-electron chi connectivity index (χ2n) is 5.12. The van der Waals surface area contributed by atoms with E-state index in [0.29, 0.717) is 10.2 Å². The molecular formula is C15H13BrF2N2O3S. The van der Waals surface area contributed by atoms with E-state index < -0.39 is 22.8 Å². The Hall–Kier alpha value is -1.71. The van der Waals surface area contributed by atoms with Crippen molar-refractivity contribution in [1.29, 1.82) is 0 Å². The van der Waals surface area contributed by atoms with Crippen molar-refractivity contribution in [3.05, 3.63) is 52.5 Å².